The summed E-state index contributed by atoms with van der Waals surface area (Å²) in [6.45, 7) is 8.12. The fraction of sp³-hybridized carbons (Fsp3) is 1.00. The van der Waals surface area contributed by atoms with E-state index in [1.54, 1.807) is 0 Å². The lowest BCUT2D eigenvalue weighted by Crippen LogP contribution is -2.38. The fourth-order valence-electron chi connectivity index (χ4n) is 0.854. The minimum atomic E-state index is -0.735. The van der Waals surface area contributed by atoms with Crippen molar-refractivity contribution in [3.8, 4) is 0 Å². The van der Waals surface area contributed by atoms with Crippen molar-refractivity contribution in [3.05, 3.63) is 0 Å². The molecule has 0 aromatic heterocycles. The van der Waals surface area contributed by atoms with Crippen molar-refractivity contribution in [1.82, 2.24) is 0 Å². The van der Waals surface area contributed by atoms with Gasteiger partial charge in [0.1, 0.15) is 0 Å². The minimum Gasteiger partial charge on any atom is -0.325 e. The van der Waals surface area contributed by atoms with Gasteiger partial charge in [0.05, 0.1) is 0 Å². The van der Waals surface area contributed by atoms with Gasteiger partial charge in [0.2, 0.25) is 0 Å². The fourth-order valence-corrected chi connectivity index (χ4v) is 2.56. The second-order valence-corrected chi connectivity index (χ2v) is 6.04. The van der Waals surface area contributed by atoms with E-state index in [9.17, 15) is 4.21 Å². The van der Waals surface area contributed by atoms with E-state index in [0.29, 0.717) is 11.7 Å². The molecule has 0 heterocycles. The van der Waals surface area contributed by atoms with E-state index >= 15 is 0 Å². The van der Waals surface area contributed by atoms with Crippen LogP contribution in [0.5, 0.6) is 0 Å². The summed E-state index contributed by atoms with van der Waals surface area (Å²) in [4.78, 5) is 0. The van der Waals surface area contributed by atoms with Crippen molar-refractivity contribution >= 4 is 10.8 Å². The summed E-state index contributed by atoms with van der Waals surface area (Å²) in [6, 6.07) is 0. The van der Waals surface area contributed by atoms with E-state index in [-0.39, 0.29) is 5.54 Å². The topological polar surface area (TPSA) is 43.1 Å². The number of rotatable bonds is 5. The van der Waals surface area contributed by atoms with E-state index in [1.807, 2.05) is 13.8 Å². The highest BCUT2D eigenvalue weighted by molar-refractivity contribution is 7.85. The largest absolute Gasteiger partial charge is 0.325 e. The first kappa shape index (κ1) is 12.1. The van der Waals surface area contributed by atoms with Crippen LogP contribution in [0.2, 0.25) is 0 Å². The highest BCUT2D eigenvalue weighted by atomic mass is 32.2. The first-order valence-electron chi connectivity index (χ1n) is 4.45. The Morgan fingerprint density at radius 2 is 1.92 bits per heavy atom. The Morgan fingerprint density at radius 3 is 2.25 bits per heavy atom. The van der Waals surface area contributed by atoms with Crippen molar-refractivity contribution in [2.24, 2.45) is 11.7 Å². The second-order valence-electron chi connectivity index (χ2n) is 4.46. The van der Waals surface area contributed by atoms with Gasteiger partial charge in [-0.25, -0.2) is 0 Å². The summed E-state index contributed by atoms with van der Waals surface area (Å²) in [6.07, 6.45) is 1.03. The summed E-state index contributed by atoms with van der Waals surface area (Å²) in [5, 5.41) is 0. The standard InChI is InChI=1S/C9H21NOS/c1-8(2)5-6-12(11)7-9(3,4)10/h8H,5-7,10H2,1-4H3. The first-order chi connectivity index (χ1) is 5.31. The van der Waals surface area contributed by atoms with Crippen LogP contribution in [0.3, 0.4) is 0 Å². The number of hydrogen-bond acceptors (Lipinski definition) is 2. The quantitative estimate of drug-likeness (QED) is 0.716. The molecule has 0 aromatic rings. The Balaban J connectivity index is 3.61. The minimum absolute atomic E-state index is 0.290. The van der Waals surface area contributed by atoms with Gasteiger partial charge >= 0.3 is 0 Å². The molecular weight excluding hydrogens is 170 g/mol. The highest BCUT2D eigenvalue weighted by Crippen LogP contribution is 2.05. The third kappa shape index (κ3) is 8.21. The Bertz CT molecular complexity index is 149. The molecule has 0 aliphatic rings. The smallest absolute Gasteiger partial charge is 0.0409 e. The van der Waals surface area contributed by atoms with Gasteiger partial charge in [-0.2, -0.15) is 0 Å². The maximum absolute atomic E-state index is 11.4. The van der Waals surface area contributed by atoms with Crippen LogP contribution in [0, 0.1) is 5.92 Å². The molecular formula is C9H21NOS. The lowest BCUT2D eigenvalue weighted by atomic mass is 10.1. The molecule has 1 atom stereocenters. The Kier molecular flexibility index (Phi) is 5.02. The molecule has 0 aliphatic carbocycles. The van der Waals surface area contributed by atoms with Crippen LogP contribution < -0.4 is 5.73 Å². The molecule has 0 aliphatic heterocycles. The summed E-state index contributed by atoms with van der Waals surface area (Å²) in [7, 11) is -0.735. The summed E-state index contributed by atoms with van der Waals surface area (Å²) in [5.74, 6) is 2.03. The molecule has 0 rings (SSSR count). The van der Waals surface area contributed by atoms with Gasteiger partial charge in [0.15, 0.2) is 0 Å². The zero-order valence-electron chi connectivity index (χ0n) is 8.59. The van der Waals surface area contributed by atoms with Crippen LogP contribution >= 0.6 is 0 Å². The summed E-state index contributed by atoms with van der Waals surface area (Å²) in [5.41, 5.74) is 5.46. The molecule has 74 valence electrons. The molecule has 0 radical (unpaired) electrons. The van der Waals surface area contributed by atoms with Crippen LogP contribution in [0.4, 0.5) is 0 Å². The van der Waals surface area contributed by atoms with E-state index < -0.39 is 10.8 Å². The predicted octanol–water partition coefficient (Wildman–Crippen LogP) is 1.52. The summed E-state index contributed by atoms with van der Waals surface area (Å²) < 4.78 is 11.4. The Morgan fingerprint density at radius 1 is 1.42 bits per heavy atom. The molecule has 0 spiro atoms. The van der Waals surface area contributed by atoms with Gasteiger partial charge in [-0.05, 0) is 26.2 Å². The first-order valence-corrected chi connectivity index (χ1v) is 5.94. The Hall–Kier alpha value is 0.110. The summed E-state index contributed by atoms with van der Waals surface area (Å²) >= 11 is 0. The van der Waals surface area contributed by atoms with E-state index in [1.165, 1.54) is 0 Å². The van der Waals surface area contributed by atoms with E-state index in [4.69, 9.17) is 5.73 Å². The molecule has 0 amide bonds. The van der Waals surface area contributed by atoms with Gasteiger partial charge in [-0.3, -0.25) is 4.21 Å². The number of nitrogens with two attached hydrogens (primary N) is 1. The zero-order valence-corrected chi connectivity index (χ0v) is 9.41. The zero-order chi connectivity index (χ0) is 9.78. The van der Waals surface area contributed by atoms with Crippen molar-refractivity contribution in [2.75, 3.05) is 11.5 Å². The van der Waals surface area contributed by atoms with Gasteiger partial charge in [0, 0.05) is 27.8 Å². The van der Waals surface area contributed by atoms with Crippen molar-refractivity contribution < 1.29 is 4.21 Å². The van der Waals surface area contributed by atoms with Gasteiger partial charge in [0.25, 0.3) is 0 Å². The molecule has 1 unspecified atom stereocenters. The van der Waals surface area contributed by atoms with Gasteiger partial charge < -0.3 is 5.73 Å². The molecule has 0 bridgehead atoms. The Labute approximate surface area is 78.4 Å². The normalized spacial score (nSPS) is 15.2. The molecule has 0 aromatic carbocycles. The van der Waals surface area contributed by atoms with Crippen molar-refractivity contribution in [2.45, 2.75) is 39.7 Å². The predicted molar refractivity (Wildman–Crippen MR) is 55.6 cm³/mol. The van der Waals surface area contributed by atoms with Crippen LogP contribution in [-0.4, -0.2) is 21.3 Å². The lowest BCUT2D eigenvalue weighted by molar-refractivity contribution is 0.571. The van der Waals surface area contributed by atoms with Gasteiger partial charge in [-0.15, -0.1) is 0 Å². The van der Waals surface area contributed by atoms with E-state index in [0.717, 1.165) is 12.2 Å². The van der Waals surface area contributed by atoms with E-state index in [2.05, 4.69) is 13.8 Å². The third-order valence-electron chi connectivity index (χ3n) is 1.46. The maximum atomic E-state index is 11.4. The van der Waals surface area contributed by atoms with Crippen LogP contribution in [-0.2, 0) is 10.8 Å². The molecule has 2 N–H and O–H groups in total. The maximum Gasteiger partial charge on any atom is 0.0409 e. The molecule has 2 nitrogen and oxygen atoms in total. The van der Waals surface area contributed by atoms with Gasteiger partial charge in [-0.1, -0.05) is 13.8 Å². The van der Waals surface area contributed by atoms with Crippen molar-refractivity contribution in [3.63, 3.8) is 0 Å². The average Bonchev–Trinajstić information content (AvgIpc) is 1.79. The van der Waals surface area contributed by atoms with Crippen LogP contribution in [0.15, 0.2) is 0 Å². The average molecular weight is 191 g/mol. The lowest BCUT2D eigenvalue weighted by Gasteiger charge is -2.17. The molecule has 0 saturated carbocycles. The van der Waals surface area contributed by atoms with Crippen LogP contribution in [0.1, 0.15) is 34.1 Å². The molecule has 0 fully saturated rings. The number of hydrogen-bond donors (Lipinski definition) is 1. The SMILES string of the molecule is CC(C)CCS(=O)CC(C)(C)N. The second kappa shape index (κ2) is 4.97. The van der Waals surface area contributed by atoms with Crippen LogP contribution in [0.25, 0.3) is 0 Å². The molecule has 12 heavy (non-hydrogen) atoms. The molecule has 3 heteroatoms. The monoisotopic (exact) mass is 191 g/mol. The van der Waals surface area contributed by atoms with Crippen molar-refractivity contribution in [1.29, 1.82) is 0 Å². The highest BCUT2D eigenvalue weighted by Gasteiger charge is 2.14. The third-order valence-corrected chi connectivity index (χ3v) is 3.21. The molecule has 0 saturated heterocycles.